The minimum Gasteiger partial charge on any atom is -0.466 e. The third-order valence-corrected chi connectivity index (χ3v) is 3.16. The number of aryl methyl sites for hydroxylation is 2. The predicted molar refractivity (Wildman–Crippen MR) is 90.6 cm³/mol. The highest BCUT2D eigenvalue weighted by Crippen LogP contribution is 2.17. The van der Waals surface area contributed by atoms with Crippen molar-refractivity contribution in [2.24, 2.45) is 21.7 Å². The quantitative estimate of drug-likeness (QED) is 0.455. The van der Waals surface area contributed by atoms with Crippen molar-refractivity contribution in [3.05, 3.63) is 53.0 Å². The molecule has 2 rings (SSSR count). The van der Waals surface area contributed by atoms with Gasteiger partial charge in [0.2, 0.25) is 5.96 Å². The molecule has 0 saturated heterocycles. The zero-order valence-corrected chi connectivity index (χ0v) is 13.3. The number of furan rings is 1. The molecule has 120 valence electrons. The van der Waals surface area contributed by atoms with Crippen LogP contribution in [0, 0.1) is 13.8 Å². The Hall–Kier alpha value is -3.09. The normalized spacial score (nSPS) is 11.2. The maximum Gasteiger partial charge on any atom is 0.259 e. The lowest BCUT2D eigenvalue weighted by Crippen LogP contribution is -2.22. The summed E-state index contributed by atoms with van der Waals surface area (Å²) in [5.41, 5.74) is 13.2. The minimum absolute atomic E-state index is 0.0981. The summed E-state index contributed by atoms with van der Waals surface area (Å²) in [6.07, 6.45) is 0. The van der Waals surface area contributed by atoms with Crippen LogP contribution in [0.5, 0.6) is 0 Å². The molecule has 5 N–H and O–H groups in total. The van der Waals surface area contributed by atoms with Crippen LogP contribution >= 0.6 is 0 Å². The van der Waals surface area contributed by atoms with E-state index in [4.69, 9.17) is 15.9 Å². The van der Waals surface area contributed by atoms with Crippen LogP contribution < -0.4 is 16.8 Å². The fraction of sp³-hybridized carbons (Fsp3) is 0.188. The van der Waals surface area contributed by atoms with E-state index in [9.17, 15) is 4.79 Å². The second-order valence-corrected chi connectivity index (χ2v) is 5.07. The van der Waals surface area contributed by atoms with Gasteiger partial charge in [0.25, 0.3) is 5.91 Å². The van der Waals surface area contributed by atoms with E-state index in [1.807, 2.05) is 12.1 Å². The lowest BCUT2D eigenvalue weighted by molar-refractivity contribution is 0.102. The van der Waals surface area contributed by atoms with E-state index in [2.05, 4.69) is 15.5 Å². The van der Waals surface area contributed by atoms with Crippen LogP contribution in [0.2, 0.25) is 0 Å². The number of nitrogens with one attached hydrogen (secondary N) is 1. The molecule has 7 heteroatoms. The van der Waals surface area contributed by atoms with Crippen molar-refractivity contribution < 1.29 is 9.21 Å². The van der Waals surface area contributed by atoms with Crippen LogP contribution in [0.25, 0.3) is 0 Å². The van der Waals surface area contributed by atoms with Gasteiger partial charge in [-0.15, -0.1) is 5.10 Å². The minimum atomic E-state index is -0.210. The van der Waals surface area contributed by atoms with Gasteiger partial charge in [-0.05, 0) is 44.5 Å². The summed E-state index contributed by atoms with van der Waals surface area (Å²) in [4.78, 5) is 12.2. The zero-order chi connectivity index (χ0) is 17.0. The van der Waals surface area contributed by atoms with Crippen LogP contribution in [0.4, 0.5) is 5.69 Å². The molecule has 1 aromatic heterocycles. The van der Waals surface area contributed by atoms with Gasteiger partial charge in [-0.25, -0.2) is 0 Å². The Kier molecular flexibility index (Phi) is 4.80. The number of amides is 1. The average Bonchev–Trinajstić information content (AvgIpc) is 2.84. The van der Waals surface area contributed by atoms with Gasteiger partial charge in [0.1, 0.15) is 11.5 Å². The molecule has 0 aliphatic carbocycles. The maximum atomic E-state index is 12.2. The van der Waals surface area contributed by atoms with Crippen LogP contribution in [0.1, 0.15) is 34.4 Å². The molecule has 0 radical (unpaired) electrons. The maximum absolute atomic E-state index is 12.2. The molecule has 0 unspecified atom stereocenters. The summed E-state index contributed by atoms with van der Waals surface area (Å²) in [7, 11) is 0. The van der Waals surface area contributed by atoms with Crippen LogP contribution in [0.3, 0.4) is 0 Å². The molecule has 0 atom stereocenters. The molecular formula is C16H19N5O2. The van der Waals surface area contributed by atoms with Gasteiger partial charge in [0.05, 0.1) is 11.3 Å². The molecule has 23 heavy (non-hydrogen) atoms. The fourth-order valence-electron chi connectivity index (χ4n) is 2.04. The smallest absolute Gasteiger partial charge is 0.259 e. The number of guanidine groups is 1. The van der Waals surface area contributed by atoms with Gasteiger partial charge in [0.15, 0.2) is 0 Å². The van der Waals surface area contributed by atoms with Crippen molar-refractivity contribution in [1.29, 1.82) is 0 Å². The van der Waals surface area contributed by atoms with Crippen molar-refractivity contribution in [1.82, 2.24) is 0 Å². The largest absolute Gasteiger partial charge is 0.466 e. The summed E-state index contributed by atoms with van der Waals surface area (Å²) < 4.78 is 5.36. The number of carbonyl (C=O) groups excluding carboxylic acids is 1. The van der Waals surface area contributed by atoms with E-state index in [0.717, 1.165) is 5.56 Å². The van der Waals surface area contributed by atoms with E-state index >= 15 is 0 Å². The lowest BCUT2D eigenvalue weighted by Gasteiger charge is -2.05. The highest BCUT2D eigenvalue weighted by atomic mass is 16.3. The van der Waals surface area contributed by atoms with Gasteiger partial charge in [-0.3, -0.25) is 4.79 Å². The third-order valence-electron chi connectivity index (χ3n) is 3.16. The zero-order valence-electron chi connectivity index (χ0n) is 13.3. The summed E-state index contributed by atoms with van der Waals surface area (Å²) in [5.74, 6) is 0.989. The average molecular weight is 313 g/mol. The predicted octanol–water partition coefficient (Wildman–Crippen LogP) is 2.15. The molecule has 2 aromatic rings. The SMILES string of the molecule is C/C(=N\N=C(N)N)c1ccc(NC(=O)c2cc(C)oc2C)cc1. The Balaban J connectivity index is 2.11. The summed E-state index contributed by atoms with van der Waals surface area (Å²) in [6, 6.07) is 8.92. The van der Waals surface area contributed by atoms with E-state index < -0.39 is 0 Å². The number of nitrogens with zero attached hydrogens (tertiary/aromatic N) is 2. The molecule has 0 bridgehead atoms. The first-order valence-corrected chi connectivity index (χ1v) is 6.99. The first-order valence-electron chi connectivity index (χ1n) is 6.99. The van der Waals surface area contributed by atoms with Gasteiger partial charge < -0.3 is 21.2 Å². The van der Waals surface area contributed by atoms with Crippen molar-refractivity contribution >= 4 is 23.3 Å². The second kappa shape index (κ2) is 6.78. The number of hydrogen-bond acceptors (Lipinski definition) is 4. The number of nitrogens with two attached hydrogens (primary N) is 2. The van der Waals surface area contributed by atoms with E-state index in [1.165, 1.54) is 0 Å². The number of hydrogen-bond donors (Lipinski definition) is 3. The van der Waals surface area contributed by atoms with Crippen LogP contribution in [-0.4, -0.2) is 17.6 Å². The number of anilines is 1. The molecule has 0 aliphatic rings. The fourth-order valence-corrected chi connectivity index (χ4v) is 2.04. The Morgan fingerprint density at radius 1 is 1.13 bits per heavy atom. The number of carbonyl (C=O) groups is 1. The van der Waals surface area contributed by atoms with E-state index in [0.29, 0.717) is 28.5 Å². The van der Waals surface area contributed by atoms with Gasteiger partial charge in [0, 0.05) is 5.69 Å². The standard InChI is InChI=1S/C16H19N5O2/c1-9-8-14(11(3)23-9)15(22)19-13-6-4-12(5-7-13)10(2)20-21-16(17)18/h4-8H,1-3H3,(H,19,22)(H4,17,18,21)/b20-10+. The molecule has 0 fully saturated rings. The van der Waals surface area contributed by atoms with E-state index in [1.54, 1.807) is 39.0 Å². The summed E-state index contributed by atoms with van der Waals surface area (Å²) in [6.45, 7) is 5.35. The van der Waals surface area contributed by atoms with Crippen molar-refractivity contribution in [2.45, 2.75) is 20.8 Å². The highest BCUT2D eigenvalue weighted by molar-refractivity contribution is 6.05. The topological polar surface area (TPSA) is 119 Å². The van der Waals surface area contributed by atoms with Crippen LogP contribution in [-0.2, 0) is 0 Å². The lowest BCUT2D eigenvalue weighted by atomic mass is 10.1. The third kappa shape index (κ3) is 4.19. The Bertz CT molecular complexity index is 768. The molecule has 7 nitrogen and oxygen atoms in total. The molecule has 1 heterocycles. The number of benzene rings is 1. The monoisotopic (exact) mass is 313 g/mol. The van der Waals surface area contributed by atoms with Crippen LogP contribution in [0.15, 0.2) is 45.0 Å². The van der Waals surface area contributed by atoms with Crippen molar-refractivity contribution in [3.63, 3.8) is 0 Å². The molecule has 1 aromatic carbocycles. The summed E-state index contributed by atoms with van der Waals surface area (Å²) in [5, 5.41) is 10.3. The van der Waals surface area contributed by atoms with Crippen molar-refractivity contribution in [2.75, 3.05) is 5.32 Å². The first kappa shape index (κ1) is 16.3. The molecule has 0 aliphatic heterocycles. The highest BCUT2D eigenvalue weighted by Gasteiger charge is 2.13. The molecule has 0 spiro atoms. The van der Waals surface area contributed by atoms with E-state index in [-0.39, 0.29) is 11.9 Å². The van der Waals surface area contributed by atoms with Gasteiger partial charge in [-0.2, -0.15) is 5.10 Å². The Labute approximate surface area is 134 Å². The molecule has 1 amide bonds. The van der Waals surface area contributed by atoms with Gasteiger partial charge in [-0.1, -0.05) is 12.1 Å². The van der Waals surface area contributed by atoms with Gasteiger partial charge >= 0.3 is 0 Å². The van der Waals surface area contributed by atoms with Crippen molar-refractivity contribution in [3.8, 4) is 0 Å². The molecule has 0 saturated carbocycles. The number of rotatable bonds is 4. The first-order chi connectivity index (χ1) is 10.9. The second-order valence-electron chi connectivity index (χ2n) is 5.07. The summed E-state index contributed by atoms with van der Waals surface area (Å²) >= 11 is 0. The molecular weight excluding hydrogens is 294 g/mol. The Morgan fingerprint density at radius 2 is 1.78 bits per heavy atom. The Morgan fingerprint density at radius 3 is 2.30 bits per heavy atom.